The van der Waals surface area contributed by atoms with E-state index in [1.54, 1.807) is 18.2 Å². The van der Waals surface area contributed by atoms with Crippen molar-refractivity contribution < 1.29 is 4.79 Å². The molecule has 0 spiro atoms. The molecule has 26 heavy (non-hydrogen) atoms. The van der Waals surface area contributed by atoms with Crippen LogP contribution in [0.25, 0.3) is 21.0 Å². The molecule has 0 unspecified atom stereocenters. The van der Waals surface area contributed by atoms with Crippen molar-refractivity contribution in [3.05, 3.63) is 75.0 Å². The van der Waals surface area contributed by atoms with E-state index < -0.39 is 0 Å². The molecule has 0 fully saturated rings. The van der Waals surface area contributed by atoms with E-state index in [0.29, 0.717) is 20.4 Å². The lowest BCUT2D eigenvalue weighted by Crippen LogP contribution is -2.16. The molecule has 0 atom stereocenters. The number of fused-ring (bicyclic) bond motifs is 3. The summed E-state index contributed by atoms with van der Waals surface area (Å²) in [6, 6.07) is 17.2. The molecule has 0 aliphatic carbocycles. The first-order valence-electron chi connectivity index (χ1n) is 8.13. The van der Waals surface area contributed by atoms with Crippen LogP contribution in [0.3, 0.4) is 0 Å². The Morgan fingerprint density at radius 3 is 2.69 bits per heavy atom. The summed E-state index contributed by atoms with van der Waals surface area (Å²) in [5, 5.41) is 3.13. The van der Waals surface area contributed by atoms with Crippen molar-refractivity contribution in [3.63, 3.8) is 0 Å². The second kappa shape index (κ2) is 6.88. The van der Waals surface area contributed by atoms with Crippen molar-refractivity contribution >= 4 is 61.4 Å². The van der Waals surface area contributed by atoms with Crippen LogP contribution in [-0.2, 0) is 6.54 Å². The molecule has 0 N–H and O–H groups in total. The highest BCUT2D eigenvalue weighted by molar-refractivity contribution is 7.17. The van der Waals surface area contributed by atoms with E-state index in [2.05, 4.69) is 29.3 Å². The highest BCUT2D eigenvalue weighted by Crippen LogP contribution is 2.28. The van der Waals surface area contributed by atoms with Crippen molar-refractivity contribution in [2.24, 2.45) is 4.99 Å². The quantitative estimate of drug-likeness (QED) is 0.410. The molecule has 0 aliphatic rings. The number of amides is 1. The molecule has 3 nitrogen and oxygen atoms in total. The van der Waals surface area contributed by atoms with Gasteiger partial charge in [-0.2, -0.15) is 4.99 Å². The molecule has 1 amide bonds. The Morgan fingerprint density at radius 2 is 1.92 bits per heavy atom. The fourth-order valence-corrected chi connectivity index (χ4v) is 4.72. The summed E-state index contributed by atoms with van der Waals surface area (Å²) < 4.78 is 3.17. The van der Waals surface area contributed by atoms with Gasteiger partial charge >= 0.3 is 0 Å². The molecule has 1 aromatic heterocycles. The van der Waals surface area contributed by atoms with Crippen LogP contribution in [0.5, 0.6) is 0 Å². The first-order valence-corrected chi connectivity index (χ1v) is 9.71. The molecule has 4 aromatic rings. The van der Waals surface area contributed by atoms with Crippen molar-refractivity contribution in [2.45, 2.75) is 13.5 Å². The summed E-state index contributed by atoms with van der Waals surface area (Å²) in [6.45, 7) is 2.76. The Balaban J connectivity index is 1.94. The zero-order valence-electron chi connectivity index (χ0n) is 13.9. The van der Waals surface area contributed by atoms with Crippen LogP contribution in [-0.4, -0.2) is 10.5 Å². The highest BCUT2D eigenvalue weighted by atomic mass is 35.5. The molecule has 0 saturated heterocycles. The van der Waals surface area contributed by atoms with Crippen LogP contribution in [0.2, 0.25) is 10.0 Å². The van der Waals surface area contributed by atoms with Crippen molar-refractivity contribution in [1.29, 1.82) is 0 Å². The Hall–Kier alpha value is -2.14. The number of carbonyl (C=O) groups excluding carboxylic acids is 1. The number of aromatic nitrogens is 1. The van der Waals surface area contributed by atoms with Gasteiger partial charge in [-0.15, -0.1) is 0 Å². The summed E-state index contributed by atoms with van der Waals surface area (Å²) in [6.07, 6.45) is 0. The number of carbonyl (C=O) groups is 1. The molecule has 0 bridgehead atoms. The van der Waals surface area contributed by atoms with Crippen LogP contribution in [0.1, 0.15) is 17.3 Å². The maximum Gasteiger partial charge on any atom is 0.281 e. The second-order valence-electron chi connectivity index (χ2n) is 5.80. The normalized spacial score (nSPS) is 12.2. The molecule has 3 aromatic carbocycles. The van der Waals surface area contributed by atoms with Gasteiger partial charge in [0.2, 0.25) is 0 Å². The maximum absolute atomic E-state index is 12.7. The van der Waals surface area contributed by atoms with Gasteiger partial charge in [0.25, 0.3) is 5.91 Å². The fraction of sp³-hybridized carbons (Fsp3) is 0.100. The predicted molar refractivity (Wildman–Crippen MR) is 109 cm³/mol. The zero-order valence-corrected chi connectivity index (χ0v) is 16.2. The summed E-state index contributed by atoms with van der Waals surface area (Å²) >= 11 is 13.6. The minimum atomic E-state index is -0.371. The maximum atomic E-state index is 12.7. The van der Waals surface area contributed by atoms with E-state index in [9.17, 15) is 4.79 Å². The largest absolute Gasteiger partial charge is 0.317 e. The number of benzene rings is 3. The summed E-state index contributed by atoms with van der Waals surface area (Å²) in [5.41, 5.74) is 1.42. The third-order valence-corrected chi connectivity index (χ3v) is 5.92. The lowest BCUT2D eigenvalue weighted by Gasteiger charge is -2.03. The molecular weight excluding hydrogens is 387 g/mol. The van der Waals surface area contributed by atoms with Crippen LogP contribution in [0, 0.1) is 0 Å². The molecule has 4 rings (SSSR count). The van der Waals surface area contributed by atoms with Crippen molar-refractivity contribution in [3.8, 4) is 0 Å². The first-order chi connectivity index (χ1) is 12.6. The number of thiazole rings is 1. The topological polar surface area (TPSA) is 34.4 Å². The highest BCUT2D eigenvalue weighted by Gasteiger charge is 2.13. The van der Waals surface area contributed by atoms with Crippen LogP contribution >= 0.6 is 34.5 Å². The van der Waals surface area contributed by atoms with Gasteiger partial charge in [0.15, 0.2) is 4.80 Å². The monoisotopic (exact) mass is 400 g/mol. The molecular formula is C20H14Cl2N2OS. The van der Waals surface area contributed by atoms with Gasteiger partial charge in [0.05, 0.1) is 20.8 Å². The number of halogens is 2. The minimum absolute atomic E-state index is 0.306. The third-order valence-electron chi connectivity index (χ3n) is 4.25. The lowest BCUT2D eigenvalue weighted by molar-refractivity contribution is 0.0998. The second-order valence-corrected chi connectivity index (χ2v) is 7.63. The van der Waals surface area contributed by atoms with Gasteiger partial charge < -0.3 is 4.57 Å². The smallest absolute Gasteiger partial charge is 0.281 e. The molecule has 1 heterocycles. The van der Waals surface area contributed by atoms with Gasteiger partial charge in [-0.3, -0.25) is 4.79 Å². The SMILES string of the molecule is CCn1c(=NC(=O)c2ccc(Cl)cc2Cl)sc2c3ccccc3ccc21. The third kappa shape index (κ3) is 2.94. The van der Waals surface area contributed by atoms with Crippen LogP contribution in [0.15, 0.2) is 59.6 Å². The van der Waals surface area contributed by atoms with Gasteiger partial charge in [-0.05, 0) is 36.6 Å². The molecule has 0 radical (unpaired) electrons. The Kier molecular flexibility index (Phi) is 4.57. The Labute approximate surface area is 164 Å². The van der Waals surface area contributed by atoms with E-state index in [4.69, 9.17) is 23.2 Å². The van der Waals surface area contributed by atoms with Crippen molar-refractivity contribution in [1.82, 2.24) is 4.57 Å². The van der Waals surface area contributed by atoms with Crippen LogP contribution < -0.4 is 4.80 Å². The number of nitrogens with zero attached hydrogens (tertiary/aromatic N) is 2. The Morgan fingerprint density at radius 1 is 1.12 bits per heavy atom. The molecule has 130 valence electrons. The fourth-order valence-electron chi connectivity index (χ4n) is 3.00. The predicted octanol–water partition coefficient (Wildman–Crippen LogP) is 5.92. The minimum Gasteiger partial charge on any atom is -0.317 e. The van der Waals surface area contributed by atoms with E-state index in [0.717, 1.165) is 22.1 Å². The average molecular weight is 401 g/mol. The number of aryl methyl sites for hydroxylation is 1. The van der Waals surface area contributed by atoms with Crippen molar-refractivity contribution in [2.75, 3.05) is 0 Å². The number of rotatable bonds is 2. The average Bonchev–Trinajstić information content (AvgIpc) is 2.99. The molecule has 0 saturated carbocycles. The van der Waals surface area contributed by atoms with E-state index in [1.165, 1.54) is 16.7 Å². The van der Waals surface area contributed by atoms with Crippen LogP contribution in [0.4, 0.5) is 0 Å². The van der Waals surface area contributed by atoms with E-state index in [1.807, 2.05) is 23.6 Å². The van der Waals surface area contributed by atoms with Gasteiger partial charge in [0, 0.05) is 17.0 Å². The summed E-state index contributed by atoms with van der Waals surface area (Å²) in [5.74, 6) is -0.371. The van der Waals surface area contributed by atoms with E-state index in [-0.39, 0.29) is 5.91 Å². The lowest BCUT2D eigenvalue weighted by atomic mass is 10.1. The van der Waals surface area contributed by atoms with Gasteiger partial charge in [0.1, 0.15) is 0 Å². The zero-order chi connectivity index (χ0) is 18.3. The van der Waals surface area contributed by atoms with E-state index >= 15 is 0 Å². The standard InChI is InChI=1S/C20H14Cl2N2OS/c1-2-24-17-10-7-12-5-3-4-6-14(12)18(17)26-20(24)23-19(25)15-9-8-13(21)11-16(15)22/h3-11H,2H2,1H3. The first kappa shape index (κ1) is 17.3. The number of hydrogen-bond donors (Lipinski definition) is 0. The molecule has 6 heteroatoms. The summed E-state index contributed by atoms with van der Waals surface area (Å²) in [7, 11) is 0. The van der Waals surface area contributed by atoms with Gasteiger partial charge in [-0.25, -0.2) is 0 Å². The summed E-state index contributed by atoms with van der Waals surface area (Å²) in [4.78, 5) is 17.7. The van der Waals surface area contributed by atoms with Gasteiger partial charge in [-0.1, -0.05) is 64.9 Å². The Bertz CT molecular complexity index is 1220. The number of hydrogen-bond acceptors (Lipinski definition) is 2. The molecule has 0 aliphatic heterocycles.